The van der Waals surface area contributed by atoms with Crippen molar-refractivity contribution in [3.8, 4) is 5.75 Å². The Morgan fingerprint density at radius 3 is 2.79 bits per heavy atom. The van der Waals surface area contributed by atoms with E-state index in [2.05, 4.69) is 4.98 Å². The molecule has 1 aromatic carbocycles. The highest BCUT2D eigenvalue weighted by Crippen LogP contribution is 2.39. The maximum Gasteiger partial charge on any atom is 0.244 e. The molecule has 1 spiro atoms. The number of Topliss-reactive ketones (excluding diaryl/α,β-unsaturated/α-hetero) is 1. The maximum atomic E-state index is 12.7. The van der Waals surface area contributed by atoms with Crippen molar-refractivity contribution in [3.63, 3.8) is 0 Å². The van der Waals surface area contributed by atoms with Crippen molar-refractivity contribution in [1.29, 1.82) is 0 Å². The maximum absolute atomic E-state index is 12.7. The van der Waals surface area contributed by atoms with E-state index >= 15 is 0 Å². The van der Waals surface area contributed by atoms with Crippen molar-refractivity contribution in [3.05, 3.63) is 54.4 Å². The minimum atomic E-state index is -3.63. The van der Waals surface area contributed by atoms with Crippen LogP contribution in [-0.2, 0) is 10.0 Å². The fourth-order valence-electron chi connectivity index (χ4n) is 3.33. The van der Waals surface area contributed by atoms with Gasteiger partial charge in [0.25, 0.3) is 0 Å². The van der Waals surface area contributed by atoms with E-state index in [1.807, 2.05) is 6.07 Å². The number of pyridine rings is 1. The molecule has 2 aliphatic rings. The standard InChI is InChI=1S/C17H16N2O4S/c20-15-10-17(23-16-6-2-1-5-14(15)16)7-9-19(12-17)24(21,22)13-4-3-8-18-11-13/h1-6,8,11H,7,9-10,12H2/t17-/m0/s1. The summed E-state index contributed by atoms with van der Waals surface area (Å²) in [5.41, 5.74) is -0.211. The van der Waals surface area contributed by atoms with E-state index in [0.29, 0.717) is 24.3 Å². The van der Waals surface area contributed by atoms with Crippen LogP contribution >= 0.6 is 0 Å². The summed E-state index contributed by atoms with van der Waals surface area (Å²) in [5.74, 6) is 0.534. The molecule has 7 heteroatoms. The van der Waals surface area contributed by atoms with E-state index in [0.717, 1.165) is 0 Å². The molecular weight excluding hydrogens is 328 g/mol. The Labute approximate surface area is 140 Å². The molecule has 2 aliphatic heterocycles. The summed E-state index contributed by atoms with van der Waals surface area (Å²) >= 11 is 0. The molecule has 3 heterocycles. The topological polar surface area (TPSA) is 76.6 Å². The largest absolute Gasteiger partial charge is 0.485 e. The van der Waals surface area contributed by atoms with Crippen molar-refractivity contribution < 1.29 is 17.9 Å². The van der Waals surface area contributed by atoms with Gasteiger partial charge >= 0.3 is 0 Å². The third kappa shape index (κ3) is 2.40. The number of sulfonamides is 1. The first-order valence-corrected chi connectivity index (χ1v) is 9.16. The highest BCUT2D eigenvalue weighted by atomic mass is 32.2. The van der Waals surface area contributed by atoms with Gasteiger partial charge in [-0.15, -0.1) is 0 Å². The van der Waals surface area contributed by atoms with E-state index in [-0.39, 0.29) is 23.6 Å². The zero-order chi connectivity index (χ0) is 16.8. The predicted octanol–water partition coefficient (Wildman–Crippen LogP) is 1.88. The summed E-state index contributed by atoms with van der Waals surface area (Å²) in [6.45, 7) is 0.497. The Kier molecular flexibility index (Phi) is 3.43. The Morgan fingerprint density at radius 2 is 2.00 bits per heavy atom. The van der Waals surface area contributed by atoms with Crippen LogP contribution in [-0.4, -0.2) is 42.2 Å². The normalized spacial score (nSPS) is 23.9. The van der Waals surface area contributed by atoms with E-state index < -0.39 is 15.6 Å². The van der Waals surface area contributed by atoms with Gasteiger partial charge in [-0.25, -0.2) is 8.42 Å². The highest BCUT2D eigenvalue weighted by Gasteiger charge is 2.48. The number of hydrogen-bond donors (Lipinski definition) is 0. The number of ketones is 1. The second-order valence-electron chi connectivity index (χ2n) is 6.16. The summed E-state index contributed by atoms with van der Waals surface area (Å²) in [6.07, 6.45) is 3.56. The van der Waals surface area contributed by atoms with E-state index in [4.69, 9.17) is 4.74 Å². The van der Waals surface area contributed by atoms with Crippen molar-refractivity contribution in [1.82, 2.24) is 9.29 Å². The lowest BCUT2D eigenvalue weighted by Gasteiger charge is -2.34. The van der Waals surface area contributed by atoms with Crippen LogP contribution in [0.1, 0.15) is 23.2 Å². The van der Waals surface area contributed by atoms with E-state index in [1.54, 1.807) is 24.3 Å². The first-order chi connectivity index (χ1) is 11.5. The van der Waals surface area contributed by atoms with Crippen LogP contribution in [0.3, 0.4) is 0 Å². The number of ether oxygens (including phenoxy) is 1. The van der Waals surface area contributed by atoms with Gasteiger partial charge in [0.1, 0.15) is 16.2 Å². The van der Waals surface area contributed by atoms with Gasteiger partial charge in [-0.2, -0.15) is 4.31 Å². The van der Waals surface area contributed by atoms with Crippen molar-refractivity contribution in [2.24, 2.45) is 0 Å². The molecule has 0 unspecified atom stereocenters. The van der Waals surface area contributed by atoms with Gasteiger partial charge in [-0.1, -0.05) is 12.1 Å². The number of benzene rings is 1. The molecule has 6 nitrogen and oxygen atoms in total. The molecule has 24 heavy (non-hydrogen) atoms. The zero-order valence-electron chi connectivity index (χ0n) is 12.9. The molecule has 124 valence electrons. The van der Waals surface area contributed by atoms with Gasteiger partial charge in [-0.05, 0) is 24.3 Å². The average Bonchev–Trinajstić information content (AvgIpc) is 2.99. The summed E-state index contributed by atoms with van der Waals surface area (Å²) in [7, 11) is -3.63. The van der Waals surface area contributed by atoms with Crippen molar-refractivity contribution in [2.45, 2.75) is 23.3 Å². The molecule has 0 radical (unpaired) electrons. The molecular formula is C17H16N2O4S. The Bertz CT molecular complexity index is 898. The SMILES string of the molecule is O=C1C[C@]2(CCN(S(=O)(=O)c3cccnc3)C2)Oc2ccccc21. The minimum absolute atomic E-state index is 0.00234. The summed E-state index contributed by atoms with van der Waals surface area (Å²) in [4.78, 5) is 16.4. The molecule has 0 N–H and O–H groups in total. The molecule has 1 fully saturated rings. The summed E-state index contributed by atoms with van der Waals surface area (Å²) < 4.78 is 32.9. The lowest BCUT2D eigenvalue weighted by Crippen LogP contribution is -2.45. The second kappa shape index (κ2) is 5.39. The quantitative estimate of drug-likeness (QED) is 0.831. The monoisotopic (exact) mass is 344 g/mol. The molecule has 0 amide bonds. The van der Waals surface area contributed by atoms with E-state index in [1.165, 1.54) is 22.8 Å². The number of fused-ring (bicyclic) bond motifs is 1. The summed E-state index contributed by atoms with van der Waals surface area (Å²) in [6, 6.07) is 10.2. The Balaban J connectivity index is 1.63. The number of hydrogen-bond acceptors (Lipinski definition) is 5. The second-order valence-corrected chi connectivity index (χ2v) is 8.10. The van der Waals surface area contributed by atoms with Crippen LogP contribution in [0.2, 0.25) is 0 Å². The van der Waals surface area contributed by atoms with E-state index in [9.17, 15) is 13.2 Å². The lowest BCUT2D eigenvalue weighted by molar-refractivity contribution is 0.0498. The first kappa shape index (κ1) is 15.3. The van der Waals surface area contributed by atoms with Crippen LogP contribution < -0.4 is 4.74 Å². The number of nitrogens with zero attached hydrogens (tertiary/aromatic N) is 2. The van der Waals surface area contributed by atoms with Gasteiger partial charge in [-0.3, -0.25) is 9.78 Å². The van der Waals surface area contributed by atoms with Gasteiger partial charge in [0.15, 0.2) is 5.78 Å². The van der Waals surface area contributed by atoms with Crippen LogP contribution in [0, 0.1) is 0 Å². The number of aromatic nitrogens is 1. The third-order valence-electron chi connectivity index (χ3n) is 4.55. The fraction of sp³-hybridized carbons (Fsp3) is 0.294. The van der Waals surface area contributed by atoms with Crippen LogP contribution in [0.15, 0.2) is 53.7 Å². The number of para-hydroxylation sites is 1. The number of carbonyl (C=O) groups is 1. The molecule has 1 aromatic heterocycles. The first-order valence-electron chi connectivity index (χ1n) is 7.72. The molecule has 2 aromatic rings. The molecule has 4 rings (SSSR count). The van der Waals surface area contributed by atoms with Crippen LogP contribution in [0.4, 0.5) is 0 Å². The third-order valence-corrected chi connectivity index (χ3v) is 6.38. The van der Waals surface area contributed by atoms with Gasteiger partial charge in [0.2, 0.25) is 10.0 Å². The van der Waals surface area contributed by atoms with Crippen LogP contribution in [0.5, 0.6) is 5.75 Å². The zero-order valence-corrected chi connectivity index (χ0v) is 13.7. The molecule has 0 aliphatic carbocycles. The highest BCUT2D eigenvalue weighted by molar-refractivity contribution is 7.89. The lowest BCUT2D eigenvalue weighted by atomic mass is 9.89. The van der Waals surface area contributed by atoms with Gasteiger partial charge < -0.3 is 4.74 Å². The smallest absolute Gasteiger partial charge is 0.244 e. The van der Waals surface area contributed by atoms with Crippen molar-refractivity contribution >= 4 is 15.8 Å². The molecule has 0 saturated carbocycles. The van der Waals surface area contributed by atoms with Crippen molar-refractivity contribution in [2.75, 3.05) is 13.1 Å². The Hall–Kier alpha value is -2.25. The number of rotatable bonds is 2. The summed E-state index contributed by atoms with van der Waals surface area (Å²) in [5, 5.41) is 0. The fourth-order valence-corrected chi connectivity index (χ4v) is 4.81. The number of carbonyl (C=O) groups excluding carboxylic acids is 1. The Morgan fingerprint density at radius 1 is 1.17 bits per heavy atom. The predicted molar refractivity (Wildman–Crippen MR) is 86.4 cm³/mol. The molecule has 1 atom stereocenters. The van der Waals surface area contributed by atoms with Crippen LogP contribution in [0.25, 0.3) is 0 Å². The average molecular weight is 344 g/mol. The van der Waals surface area contributed by atoms with Gasteiger partial charge in [0, 0.05) is 25.4 Å². The molecule has 1 saturated heterocycles. The minimum Gasteiger partial charge on any atom is -0.485 e. The molecule has 0 bridgehead atoms. The van der Waals surface area contributed by atoms with Gasteiger partial charge in [0.05, 0.1) is 18.5 Å².